The van der Waals surface area contributed by atoms with Gasteiger partial charge in [0.05, 0.1) is 0 Å². The smallest absolute Gasteiger partial charge is 0.0375 e. The second-order valence-electron chi connectivity index (χ2n) is 3.38. The van der Waals surface area contributed by atoms with E-state index in [2.05, 4.69) is 19.8 Å². The molecule has 1 nitrogen and oxygen atoms in total. The number of hydrogen-bond acceptors (Lipinski definition) is 1. The summed E-state index contributed by atoms with van der Waals surface area (Å²) in [5, 5.41) is 0. The molecule has 0 aromatic heterocycles. The predicted molar refractivity (Wildman–Crippen MR) is 48.5 cm³/mol. The predicted octanol–water partition coefficient (Wildman–Crippen LogP) is 1.27. The van der Waals surface area contributed by atoms with Crippen molar-refractivity contribution in [2.45, 2.75) is 13.8 Å². The minimum atomic E-state index is -0.663. The molecule has 1 rings (SSSR count). The summed E-state index contributed by atoms with van der Waals surface area (Å²) in [7, 11) is -0.663. The zero-order valence-electron chi connectivity index (χ0n) is 7.04. The molecule has 1 aliphatic heterocycles. The van der Waals surface area contributed by atoms with Gasteiger partial charge in [0.2, 0.25) is 0 Å². The quantitative estimate of drug-likeness (QED) is 0.500. The van der Waals surface area contributed by atoms with Gasteiger partial charge in [0, 0.05) is 28.2 Å². The summed E-state index contributed by atoms with van der Waals surface area (Å²) in [5.41, 5.74) is 0. The van der Waals surface area contributed by atoms with Gasteiger partial charge >= 0.3 is 0 Å². The maximum absolute atomic E-state index is 11.2. The van der Waals surface area contributed by atoms with E-state index in [-0.39, 0.29) is 5.92 Å². The Morgan fingerprint density at radius 3 is 2.64 bits per heavy atom. The van der Waals surface area contributed by atoms with Crippen LogP contribution in [0.4, 0.5) is 0 Å². The van der Waals surface area contributed by atoms with Crippen LogP contribution >= 0.6 is 0 Å². The molecule has 1 saturated heterocycles. The third-order valence-electron chi connectivity index (χ3n) is 2.56. The van der Waals surface area contributed by atoms with Crippen LogP contribution in [0.3, 0.4) is 0 Å². The van der Waals surface area contributed by atoms with E-state index in [9.17, 15) is 4.21 Å². The van der Waals surface area contributed by atoms with E-state index in [4.69, 9.17) is 6.42 Å². The monoisotopic (exact) mass is 170 g/mol. The molecule has 0 bridgehead atoms. The van der Waals surface area contributed by atoms with Crippen LogP contribution < -0.4 is 0 Å². The molecule has 0 aromatic rings. The summed E-state index contributed by atoms with van der Waals surface area (Å²) in [4.78, 5) is 0. The fourth-order valence-electron chi connectivity index (χ4n) is 1.46. The standard InChI is InChI=1S/C9H14OS/c1-4-9-6-11(10)5-7(2)8(9)3/h1,7-9H,5-6H2,2-3H3. The van der Waals surface area contributed by atoms with Gasteiger partial charge in [-0.3, -0.25) is 4.21 Å². The Bertz CT molecular complexity index is 204. The van der Waals surface area contributed by atoms with Crippen molar-refractivity contribution in [1.29, 1.82) is 0 Å². The Kier molecular flexibility index (Phi) is 2.72. The van der Waals surface area contributed by atoms with Gasteiger partial charge in [0.15, 0.2) is 0 Å². The lowest BCUT2D eigenvalue weighted by molar-refractivity contribution is 0.342. The first-order chi connectivity index (χ1) is 5.15. The summed E-state index contributed by atoms with van der Waals surface area (Å²) >= 11 is 0. The van der Waals surface area contributed by atoms with Crippen molar-refractivity contribution in [2.75, 3.05) is 11.5 Å². The molecule has 1 aliphatic rings. The summed E-state index contributed by atoms with van der Waals surface area (Å²) in [5.74, 6) is 5.56. The number of rotatable bonds is 0. The van der Waals surface area contributed by atoms with E-state index in [1.54, 1.807) is 0 Å². The van der Waals surface area contributed by atoms with Gasteiger partial charge in [-0.05, 0) is 11.8 Å². The van der Waals surface area contributed by atoms with Crippen LogP contribution in [0, 0.1) is 30.1 Å². The molecule has 4 unspecified atom stereocenters. The normalized spacial score (nSPS) is 44.8. The van der Waals surface area contributed by atoms with E-state index in [0.717, 1.165) is 5.75 Å². The van der Waals surface area contributed by atoms with Crippen molar-refractivity contribution >= 4 is 10.8 Å². The van der Waals surface area contributed by atoms with E-state index < -0.39 is 10.8 Å². The lowest BCUT2D eigenvalue weighted by atomic mass is 9.86. The highest BCUT2D eigenvalue weighted by molar-refractivity contribution is 7.85. The molecule has 0 radical (unpaired) electrons. The van der Waals surface area contributed by atoms with Gasteiger partial charge in [0.1, 0.15) is 0 Å². The summed E-state index contributed by atoms with van der Waals surface area (Å²) in [6.07, 6.45) is 5.33. The Morgan fingerprint density at radius 1 is 1.45 bits per heavy atom. The van der Waals surface area contributed by atoms with Crippen molar-refractivity contribution in [3.05, 3.63) is 0 Å². The van der Waals surface area contributed by atoms with Gasteiger partial charge in [0.25, 0.3) is 0 Å². The Balaban J connectivity index is 2.68. The minimum Gasteiger partial charge on any atom is -0.260 e. The average molecular weight is 170 g/mol. The third-order valence-corrected chi connectivity index (χ3v) is 4.19. The maximum atomic E-state index is 11.2. The number of terminal acetylenes is 1. The zero-order chi connectivity index (χ0) is 8.43. The van der Waals surface area contributed by atoms with Gasteiger partial charge in [-0.15, -0.1) is 12.3 Å². The highest BCUT2D eigenvalue weighted by atomic mass is 32.2. The largest absolute Gasteiger partial charge is 0.260 e. The van der Waals surface area contributed by atoms with Crippen molar-refractivity contribution < 1.29 is 4.21 Å². The summed E-state index contributed by atoms with van der Waals surface area (Å²) in [6.45, 7) is 4.29. The second-order valence-corrected chi connectivity index (χ2v) is 4.93. The second kappa shape index (κ2) is 3.40. The molecule has 62 valence electrons. The van der Waals surface area contributed by atoms with Gasteiger partial charge in [-0.2, -0.15) is 0 Å². The van der Waals surface area contributed by atoms with Crippen molar-refractivity contribution in [1.82, 2.24) is 0 Å². The lowest BCUT2D eigenvalue weighted by Gasteiger charge is -2.30. The topological polar surface area (TPSA) is 17.1 Å². The third kappa shape index (κ3) is 1.84. The first kappa shape index (κ1) is 8.80. The lowest BCUT2D eigenvalue weighted by Crippen LogP contribution is -2.33. The fraction of sp³-hybridized carbons (Fsp3) is 0.778. The molecular formula is C9H14OS. The molecule has 0 spiro atoms. The Morgan fingerprint density at radius 2 is 2.09 bits per heavy atom. The fourth-order valence-corrected chi connectivity index (χ4v) is 3.29. The molecule has 0 saturated carbocycles. The van der Waals surface area contributed by atoms with E-state index in [1.807, 2.05) is 0 Å². The SMILES string of the molecule is C#CC1CS(=O)CC(C)C1C. The molecule has 0 aromatic carbocycles. The van der Waals surface area contributed by atoms with Gasteiger partial charge in [-0.1, -0.05) is 13.8 Å². The van der Waals surface area contributed by atoms with Crippen LogP contribution in [-0.4, -0.2) is 15.7 Å². The molecule has 0 aliphatic carbocycles. The summed E-state index contributed by atoms with van der Waals surface area (Å²) in [6, 6.07) is 0. The molecule has 2 heteroatoms. The van der Waals surface area contributed by atoms with Crippen LogP contribution in [0.15, 0.2) is 0 Å². The summed E-state index contributed by atoms with van der Waals surface area (Å²) < 4.78 is 11.2. The Hall–Kier alpha value is -0.290. The van der Waals surface area contributed by atoms with Crippen LogP contribution in [-0.2, 0) is 10.8 Å². The molecule has 11 heavy (non-hydrogen) atoms. The van der Waals surface area contributed by atoms with Gasteiger partial charge < -0.3 is 0 Å². The van der Waals surface area contributed by atoms with Crippen LogP contribution in [0.1, 0.15) is 13.8 Å². The van der Waals surface area contributed by atoms with Crippen LogP contribution in [0.25, 0.3) is 0 Å². The minimum absolute atomic E-state index is 0.236. The maximum Gasteiger partial charge on any atom is 0.0375 e. The highest BCUT2D eigenvalue weighted by Gasteiger charge is 2.29. The van der Waals surface area contributed by atoms with Crippen molar-refractivity contribution in [3.63, 3.8) is 0 Å². The first-order valence-electron chi connectivity index (χ1n) is 3.96. The molecule has 0 N–H and O–H groups in total. The molecule has 4 atom stereocenters. The molecule has 1 fully saturated rings. The van der Waals surface area contributed by atoms with E-state index >= 15 is 0 Å². The molecule has 0 amide bonds. The molecular weight excluding hydrogens is 156 g/mol. The molecule has 1 heterocycles. The van der Waals surface area contributed by atoms with Crippen molar-refractivity contribution in [2.24, 2.45) is 17.8 Å². The average Bonchev–Trinajstić information content (AvgIpc) is 1.96. The number of hydrogen-bond donors (Lipinski definition) is 0. The van der Waals surface area contributed by atoms with Crippen molar-refractivity contribution in [3.8, 4) is 12.3 Å². The zero-order valence-corrected chi connectivity index (χ0v) is 7.86. The first-order valence-corrected chi connectivity index (χ1v) is 5.45. The van der Waals surface area contributed by atoms with E-state index in [1.165, 1.54) is 0 Å². The van der Waals surface area contributed by atoms with Crippen LogP contribution in [0.5, 0.6) is 0 Å². The Labute approximate surface area is 71.0 Å². The highest BCUT2D eigenvalue weighted by Crippen LogP contribution is 2.27. The van der Waals surface area contributed by atoms with Crippen LogP contribution in [0.2, 0.25) is 0 Å². The van der Waals surface area contributed by atoms with E-state index in [0.29, 0.717) is 17.6 Å². The van der Waals surface area contributed by atoms with Gasteiger partial charge in [-0.25, -0.2) is 0 Å².